The first kappa shape index (κ1) is 14.8. The lowest BCUT2D eigenvalue weighted by atomic mass is 10.0. The molecule has 2 N–H and O–H groups in total. The third-order valence-electron chi connectivity index (χ3n) is 2.69. The number of hydrogen-bond donors (Lipinski definition) is 1. The summed E-state index contributed by atoms with van der Waals surface area (Å²) in [5, 5.41) is 0. The fraction of sp³-hybridized carbons (Fsp3) is 0.571. The van der Waals surface area contributed by atoms with Crippen LogP contribution in [-0.2, 0) is 6.42 Å². The lowest BCUT2D eigenvalue weighted by molar-refractivity contribution is 0.249. The van der Waals surface area contributed by atoms with Crippen molar-refractivity contribution in [3.05, 3.63) is 23.8 Å². The van der Waals surface area contributed by atoms with Crippen molar-refractivity contribution in [2.75, 3.05) is 19.9 Å². The summed E-state index contributed by atoms with van der Waals surface area (Å²) in [7, 11) is 0. The summed E-state index contributed by atoms with van der Waals surface area (Å²) in [5.41, 5.74) is 6.93. The zero-order chi connectivity index (χ0) is 13.4. The van der Waals surface area contributed by atoms with E-state index in [9.17, 15) is 4.39 Å². The number of ether oxygens (including phenoxy) is 2. The van der Waals surface area contributed by atoms with Crippen LogP contribution < -0.4 is 15.2 Å². The largest absolute Gasteiger partial charge is 0.490 e. The van der Waals surface area contributed by atoms with Crippen molar-refractivity contribution in [2.24, 2.45) is 5.73 Å². The Morgan fingerprint density at radius 1 is 1.28 bits per heavy atom. The molecule has 0 aliphatic carbocycles. The monoisotopic (exact) mass is 255 g/mol. The van der Waals surface area contributed by atoms with E-state index in [-0.39, 0.29) is 12.6 Å². The molecule has 0 heterocycles. The summed E-state index contributed by atoms with van der Waals surface area (Å²) in [5.74, 6) is 1.28. The van der Waals surface area contributed by atoms with Crippen LogP contribution in [-0.4, -0.2) is 25.9 Å². The number of benzene rings is 1. The highest BCUT2D eigenvalue weighted by Crippen LogP contribution is 2.32. The summed E-state index contributed by atoms with van der Waals surface area (Å²) in [6.07, 6.45) is 1.60. The van der Waals surface area contributed by atoms with Crippen LogP contribution in [0.1, 0.15) is 25.8 Å². The fourth-order valence-electron chi connectivity index (χ4n) is 1.72. The van der Waals surface area contributed by atoms with Gasteiger partial charge in [0.1, 0.15) is 13.3 Å². The third kappa shape index (κ3) is 4.18. The van der Waals surface area contributed by atoms with Crippen LogP contribution >= 0.6 is 0 Å². The average molecular weight is 255 g/mol. The summed E-state index contributed by atoms with van der Waals surface area (Å²) < 4.78 is 23.2. The lowest BCUT2D eigenvalue weighted by Gasteiger charge is -2.17. The van der Waals surface area contributed by atoms with E-state index < -0.39 is 6.67 Å². The molecule has 0 fully saturated rings. The second kappa shape index (κ2) is 7.93. The van der Waals surface area contributed by atoms with Crippen LogP contribution in [0.25, 0.3) is 0 Å². The van der Waals surface area contributed by atoms with Gasteiger partial charge in [-0.3, -0.25) is 0 Å². The summed E-state index contributed by atoms with van der Waals surface area (Å²) in [6, 6.07) is 5.77. The van der Waals surface area contributed by atoms with Crippen molar-refractivity contribution in [3.8, 4) is 11.5 Å². The Labute approximate surface area is 108 Å². The van der Waals surface area contributed by atoms with E-state index >= 15 is 0 Å². The molecule has 1 rings (SSSR count). The zero-order valence-electron chi connectivity index (χ0n) is 11.1. The fourth-order valence-corrected chi connectivity index (χ4v) is 1.72. The molecule has 0 radical (unpaired) electrons. The molecule has 4 heteroatoms. The van der Waals surface area contributed by atoms with E-state index in [0.717, 1.165) is 12.0 Å². The molecule has 3 nitrogen and oxygen atoms in total. The van der Waals surface area contributed by atoms with Gasteiger partial charge in [-0.1, -0.05) is 19.1 Å². The maximum absolute atomic E-state index is 12.3. The topological polar surface area (TPSA) is 44.5 Å². The molecular weight excluding hydrogens is 233 g/mol. The zero-order valence-corrected chi connectivity index (χ0v) is 11.1. The van der Waals surface area contributed by atoms with E-state index in [1.807, 2.05) is 32.0 Å². The molecule has 0 saturated heterocycles. The maximum atomic E-state index is 12.3. The molecule has 1 unspecified atom stereocenters. The van der Waals surface area contributed by atoms with Crippen molar-refractivity contribution in [2.45, 2.75) is 32.7 Å². The van der Waals surface area contributed by atoms with Crippen molar-refractivity contribution < 1.29 is 13.9 Å². The Balaban J connectivity index is 2.94. The summed E-state index contributed by atoms with van der Waals surface area (Å²) in [4.78, 5) is 0. The predicted octanol–water partition coefficient (Wildman–Crippen LogP) is 2.71. The van der Waals surface area contributed by atoms with Crippen LogP contribution in [0, 0.1) is 0 Å². The van der Waals surface area contributed by atoms with Gasteiger partial charge in [-0.15, -0.1) is 0 Å². The molecule has 102 valence electrons. The molecule has 0 saturated carbocycles. The summed E-state index contributed by atoms with van der Waals surface area (Å²) in [6.45, 7) is 4.02. The highest BCUT2D eigenvalue weighted by atomic mass is 19.1. The highest BCUT2D eigenvalue weighted by Gasteiger charge is 2.13. The second-order valence-corrected chi connectivity index (χ2v) is 4.09. The van der Waals surface area contributed by atoms with E-state index in [2.05, 4.69) is 0 Å². The van der Waals surface area contributed by atoms with Crippen LogP contribution in [0.4, 0.5) is 4.39 Å². The van der Waals surface area contributed by atoms with Gasteiger partial charge >= 0.3 is 0 Å². The first-order valence-corrected chi connectivity index (χ1v) is 6.41. The molecule has 0 spiro atoms. The van der Waals surface area contributed by atoms with E-state index in [1.54, 1.807) is 0 Å². The van der Waals surface area contributed by atoms with Crippen molar-refractivity contribution in [3.63, 3.8) is 0 Å². The second-order valence-electron chi connectivity index (χ2n) is 4.09. The van der Waals surface area contributed by atoms with Gasteiger partial charge < -0.3 is 15.2 Å². The number of nitrogens with two attached hydrogens (primary N) is 1. The number of para-hydroxylation sites is 1. The molecule has 0 aliphatic rings. The molecule has 0 amide bonds. The van der Waals surface area contributed by atoms with Crippen LogP contribution in [0.3, 0.4) is 0 Å². The minimum absolute atomic E-state index is 0.0401. The molecule has 1 aromatic rings. The van der Waals surface area contributed by atoms with E-state index in [4.69, 9.17) is 15.2 Å². The summed E-state index contributed by atoms with van der Waals surface area (Å²) >= 11 is 0. The standard InChI is InChI=1S/C14H22FNO2/c1-3-12(16)10-11-6-5-7-13(17-4-2)14(11)18-9-8-15/h5-7,12H,3-4,8-10,16H2,1-2H3. The molecule has 0 bridgehead atoms. The average Bonchev–Trinajstić information content (AvgIpc) is 2.38. The van der Waals surface area contributed by atoms with Crippen LogP contribution in [0.2, 0.25) is 0 Å². The Morgan fingerprint density at radius 2 is 2.06 bits per heavy atom. The minimum Gasteiger partial charge on any atom is -0.490 e. The SMILES string of the molecule is CCOc1cccc(CC(N)CC)c1OCCF. The molecule has 1 atom stereocenters. The molecule has 0 aromatic heterocycles. The van der Waals surface area contributed by atoms with Gasteiger partial charge in [0.2, 0.25) is 0 Å². The van der Waals surface area contributed by atoms with Gasteiger partial charge in [-0.2, -0.15) is 0 Å². The predicted molar refractivity (Wildman–Crippen MR) is 71.1 cm³/mol. The van der Waals surface area contributed by atoms with Crippen LogP contribution in [0.15, 0.2) is 18.2 Å². The van der Waals surface area contributed by atoms with Gasteiger partial charge in [-0.05, 0) is 31.4 Å². The van der Waals surface area contributed by atoms with Gasteiger partial charge in [0, 0.05) is 6.04 Å². The molecule has 0 aliphatic heterocycles. The number of rotatable bonds is 8. The quantitative estimate of drug-likeness (QED) is 0.776. The maximum Gasteiger partial charge on any atom is 0.164 e. The van der Waals surface area contributed by atoms with E-state index in [1.165, 1.54) is 0 Å². The minimum atomic E-state index is -0.514. The smallest absolute Gasteiger partial charge is 0.164 e. The van der Waals surface area contributed by atoms with Crippen molar-refractivity contribution in [1.29, 1.82) is 0 Å². The third-order valence-corrected chi connectivity index (χ3v) is 2.69. The highest BCUT2D eigenvalue weighted by molar-refractivity contribution is 5.47. The Bertz CT molecular complexity index is 358. The normalized spacial score (nSPS) is 12.2. The van der Waals surface area contributed by atoms with Crippen molar-refractivity contribution in [1.82, 2.24) is 0 Å². The van der Waals surface area contributed by atoms with Gasteiger partial charge in [-0.25, -0.2) is 4.39 Å². The van der Waals surface area contributed by atoms with E-state index in [0.29, 0.717) is 24.5 Å². The number of hydrogen-bond acceptors (Lipinski definition) is 3. The van der Waals surface area contributed by atoms with Crippen LogP contribution in [0.5, 0.6) is 11.5 Å². The first-order valence-electron chi connectivity index (χ1n) is 6.41. The molecule has 18 heavy (non-hydrogen) atoms. The molecular formula is C14H22FNO2. The van der Waals surface area contributed by atoms with Gasteiger partial charge in [0.05, 0.1) is 6.61 Å². The Kier molecular flexibility index (Phi) is 6.50. The Morgan fingerprint density at radius 3 is 2.67 bits per heavy atom. The number of alkyl halides is 1. The van der Waals surface area contributed by atoms with Gasteiger partial charge in [0.25, 0.3) is 0 Å². The number of halogens is 1. The van der Waals surface area contributed by atoms with Crippen molar-refractivity contribution >= 4 is 0 Å². The first-order chi connectivity index (χ1) is 8.72. The molecule has 1 aromatic carbocycles. The van der Waals surface area contributed by atoms with Gasteiger partial charge in [0.15, 0.2) is 11.5 Å². The lowest BCUT2D eigenvalue weighted by Crippen LogP contribution is -2.22. The Hall–Kier alpha value is -1.29.